The molecule has 1 aromatic carbocycles. The Morgan fingerprint density at radius 2 is 2.00 bits per heavy atom. The van der Waals surface area contributed by atoms with Crippen LogP contribution in [-0.4, -0.2) is 43.6 Å². The minimum absolute atomic E-state index is 0.0466. The first-order valence-electron chi connectivity index (χ1n) is 7.62. The minimum Gasteiger partial charge on any atom is -0.484 e. The number of halogens is 1. The third kappa shape index (κ3) is 4.84. The molecule has 1 aromatic rings. The molecular weight excluding hydrogens is 318 g/mol. The molecule has 0 saturated heterocycles. The van der Waals surface area contributed by atoms with E-state index < -0.39 is 0 Å². The van der Waals surface area contributed by atoms with E-state index in [1.54, 1.807) is 31.3 Å². The number of carbonyl (C=O) groups excluding carboxylic acids is 2. The van der Waals surface area contributed by atoms with Crippen molar-refractivity contribution < 1.29 is 14.3 Å². The van der Waals surface area contributed by atoms with Crippen LogP contribution in [0, 0.1) is 0 Å². The first-order valence-corrected chi connectivity index (χ1v) is 8.00. The fourth-order valence-electron chi connectivity index (χ4n) is 2.51. The highest BCUT2D eigenvalue weighted by Crippen LogP contribution is 2.39. The van der Waals surface area contributed by atoms with Gasteiger partial charge in [-0.3, -0.25) is 9.59 Å². The van der Waals surface area contributed by atoms with Gasteiger partial charge in [0.05, 0.1) is 18.1 Å². The second-order valence-electron chi connectivity index (χ2n) is 5.66. The van der Waals surface area contributed by atoms with Crippen LogP contribution in [0.2, 0.25) is 5.02 Å². The number of hydrogen-bond acceptors (Lipinski definition) is 4. The largest absolute Gasteiger partial charge is 0.484 e. The van der Waals surface area contributed by atoms with Gasteiger partial charge < -0.3 is 20.7 Å². The molecule has 2 unspecified atom stereocenters. The van der Waals surface area contributed by atoms with Crippen LogP contribution in [0.25, 0.3) is 0 Å². The summed E-state index contributed by atoms with van der Waals surface area (Å²) in [5, 5.41) is 9.31. The lowest BCUT2D eigenvalue weighted by Gasteiger charge is -2.18. The molecule has 3 N–H and O–H groups in total. The van der Waals surface area contributed by atoms with Gasteiger partial charge in [0.15, 0.2) is 6.61 Å². The van der Waals surface area contributed by atoms with Crippen molar-refractivity contribution in [2.24, 2.45) is 0 Å². The molecule has 7 heteroatoms. The zero-order valence-corrected chi connectivity index (χ0v) is 14.1. The zero-order valence-electron chi connectivity index (χ0n) is 13.3. The smallest absolute Gasteiger partial charge is 0.258 e. The third-order valence-corrected chi connectivity index (χ3v) is 4.20. The molecule has 2 atom stereocenters. The minimum atomic E-state index is -0.329. The summed E-state index contributed by atoms with van der Waals surface area (Å²) in [6.45, 7) is 2.19. The Labute approximate surface area is 140 Å². The van der Waals surface area contributed by atoms with Gasteiger partial charge in [-0.15, -0.1) is 0 Å². The van der Waals surface area contributed by atoms with Gasteiger partial charge in [0.1, 0.15) is 5.75 Å². The topological polar surface area (TPSA) is 79.5 Å². The summed E-state index contributed by atoms with van der Waals surface area (Å²) in [6.07, 6.45) is 1.51. The van der Waals surface area contributed by atoms with E-state index in [0.29, 0.717) is 10.8 Å². The van der Waals surface area contributed by atoms with Gasteiger partial charge in [0.2, 0.25) is 5.91 Å². The van der Waals surface area contributed by atoms with Crippen LogP contribution < -0.4 is 20.7 Å². The van der Waals surface area contributed by atoms with Crippen LogP contribution in [0.3, 0.4) is 0 Å². The van der Waals surface area contributed by atoms with Gasteiger partial charge in [0.25, 0.3) is 5.91 Å². The van der Waals surface area contributed by atoms with Gasteiger partial charge in [-0.25, -0.2) is 0 Å². The molecule has 0 aromatic heterocycles. The SMILES string of the molecule is CCC1(NC(=O)CNC)CC1NC(=O)COc1ccc(Cl)cc1. The average molecular weight is 340 g/mol. The Bertz CT molecular complexity index is 564. The quantitative estimate of drug-likeness (QED) is 0.662. The van der Waals surface area contributed by atoms with E-state index >= 15 is 0 Å². The van der Waals surface area contributed by atoms with E-state index in [0.717, 1.165) is 12.8 Å². The first kappa shape index (κ1) is 17.6. The summed E-state index contributed by atoms with van der Waals surface area (Å²) in [5.74, 6) is 0.316. The second-order valence-corrected chi connectivity index (χ2v) is 6.09. The Morgan fingerprint density at radius 3 is 2.61 bits per heavy atom. The van der Waals surface area contributed by atoms with E-state index in [1.807, 2.05) is 6.92 Å². The fourth-order valence-corrected chi connectivity index (χ4v) is 2.64. The predicted molar refractivity (Wildman–Crippen MR) is 88.6 cm³/mol. The molecule has 1 aliphatic carbocycles. The molecule has 0 heterocycles. The second kappa shape index (κ2) is 7.66. The van der Waals surface area contributed by atoms with E-state index in [2.05, 4.69) is 16.0 Å². The Kier molecular flexibility index (Phi) is 5.85. The summed E-state index contributed by atoms with van der Waals surface area (Å²) in [5.41, 5.74) is -0.329. The van der Waals surface area contributed by atoms with E-state index in [-0.39, 0.29) is 36.5 Å². The van der Waals surface area contributed by atoms with Crippen molar-refractivity contribution in [3.8, 4) is 5.75 Å². The molecule has 0 aliphatic heterocycles. The average Bonchev–Trinajstić information content (AvgIpc) is 3.19. The molecule has 0 spiro atoms. The summed E-state index contributed by atoms with van der Waals surface area (Å²) < 4.78 is 5.40. The highest BCUT2D eigenvalue weighted by molar-refractivity contribution is 6.30. The van der Waals surface area contributed by atoms with Crippen LogP contribution >= 0.6 is 11.6 Å². The van der Waals surface area contributed by atoms with Crippen molar-refractivity contribution in [3.63, 3.8) is 0 Å². The van der Waals surface area contributed by atoms with Gasteiger partial charge in [-0.1, -0.05) is 18.5 Å². The van der Waals surface area contributed by atoms with Crippen molar-refractivity contribution >= 4 is 23.4 Å². The van der Waals surface area contributed by atoms with Gasteiger partial charge in [-0.2, -0.15) is 0 Å². The number of amides is 2. The molecule has 1 fully saturated rings. The number of carbonyl (C=O) groups is 2. The van der Waals surface area contributed by atoms with Crippen molar-refractivity contribution in [2.75, 3.05) is 20.2 Å². The number of hydrogen-bond donors (Lipinski definition) is 3. The van der Waals surface area contributed by atoms with Crippen LogP contribution in [-0.2, 0) is 9.59 Å². The maximum absolute atomic E-state index is 12.0. The van der Waals surface area contributed by atoms with Crippen molar-refractivity contribution in [3.05, 3.63) is 29.3 Å². The Hall–Kier alpha value is -1.79. The van der Waals surface area contributed by atoms with Crippen LogP contribution in [0.4, 0.5) is 0 Å². The molecular formula is C16H22ClN3O3. The molecule has 126 valence electrons. The number of likely N-dealkylation sites (N-methyl/N-ethyl adjacent to an activating group) is 1. The van der Waals surface area contributed by atoms with Gasteiger partial charge in [0, 0.05) is 5.02 Å². The van der Waals surface area contributed by atoms with E-state index in [1.165, 1.54) is 0 Å². The summed E-state index contributed by atoms with van der Waals surface area (Å²) >= 11 is 5.79. The predicted octanol–water partition coefficient (Wildman–Crippen LogP) is 1.09. The van der Waals surface area contributed by atoms with Gasteiger partial charge >= 0.3 is 0 Å². The molecule has 0 radical (unpaired) electrons. The lowest BCUT2D eigenvalue weighted by molar-refractivity contribution is -0.124. The standard InChI is InChI=1S/C16H22ClN3O3/c1-3-16(20-14(21)9-18-2)8-13(16)19-15(22)10-23-12-6-4-11(17)5-7-12/h4-7,13,18H,3,8-10H2,1-2H3,(H,19,22)(H,20,21). The number of rotatable bonds is 8. The van der Waals surface area contributed by atoms with Crippen molar-refractivity contribution in [1.29, 1.82) is 0 Å². The van der Waals surface area contributed by atoms with Gasteiger partial charge in [-0.05, 0) is 44.2 Å². The van der Waals surface area contributed by atoms with Crippen molar-refractivity contribution in [1.82, 2.24) is 16.0 Å². The zero-order chi connectivity index (χ0) is 16.9. The van der Waals surface area contributed by atoms with Crippen LogP contribution in [0.1, 0.15) is 19.8 Å². The molecule has 2 amide bonds. The summed E-state index contributed by atoms with van der Waals surface area (Å²) in [6, 6.07) is 6.78. The van der Waals surface area contributed by atoms with E-state index in [9.17, 15) is 9.59 Å². The number of ether oxygens (including phenoxy) is 1. The number of nitrogens with one attached hydrogen (secondary N) is 3. The van der Waals surface area contributed by atoms with Crippen LogP contribution in [0.15, 0.2) is 24.3 Å². The third-order valence-electron chi connectivity index (χ3n) is 3.95. The Balaban J connectivity index is 1.77. The highest BCUT2D eigenvalue weighted by Gasteiger charge is 2.54. The molecule has 0 bridgehead atoms. The fraction of sp³-hybridized carbons (Fsp3) is 0.500. The molecule has 6 nitrogen and oxygen atoms in total. The molecule has 23 heavy (non-hydrogen) atoms. The van der Waals surface area contributed by atoms with Crippen LogP contribution in [0.5, 0.6) is 5.75 Å². The lowest BCUT2D eigenvalue weighted by atomic mass is 10.2. The Morgan fingerprint density at radius 1 is 1.30 bits per heavy atom. The molecule has 1 aliphatic rings. The maximum Gasteiger partial charge on any atom is 0.258 e. The molecule has 1 saturated carbocycles. The highest BCUT2D eigenvalue weighted by atomic mass is 35.5. The van der Waals surface area contributed by atoms with E-state index in [4.69, 9.17) is 16.3 Å². The summed E-state index contributed by atoms with van der Waals surface area (Å²) in [7, 11) is 1.72. The number of benzene rings is 1. The lowest BCUT2D eigenvalue weighted by Crippen LogP contribution is -2.47. The maximum atomic E-state index is 12.0. The first-order chi connectivity index (χ1) is 11.0. The molecule has 2 rings (SSSR count). The normalized spacial score (nSPS) is 22.3. The summed E-state index contributed by atoms with van der Waals surface area (Å²) in [4.78, 5) is 23.7. The monoisotopic (exact) mass is 339 g/mol. The van der Waals surface area contributed by atoms with Crippen molar-refractivity contribution in [2.45, 2.75) is 31.3 Å².